The van der Waals surface area contributed by atoms with E-state index < -0.39 is 16.0 Å². The molecule has 1 N–H and O–H groups in total. The Morgan fingerprint density at radius 3 is 2.16 bits per heavy atom. The SMILES string of the molecule is O=C(O)c1ccc(CN(CCCc2ccccc2)S(=O)(=O)c2ccc(Cl)c(Cl)c2)cc1. The van der Waals surface area contributed by atoms with Crippen molar-refractivity contribution in [3.8, 4) is 0 Å². The molecule has 0 heterocycles. The van der Waals surface area contributed by atoms with Gasteiger partial charge in [0.05, 0.1) is 20.5 Å². The Morgan fingerprint density at radius 1 is 0.871 bits per heavy atom. The number of carboxylic acid groups (broad SMARTS) is 1. The molecule has 0 atom stereocenters. The van der Waals surface area contributed by atoms with Crippen molar-refractivity contribution in [1.82, 2.24) is 4.31 Å². The number of sulfonamides is 1. The number of halogens is 2. The first kappa shape index (κ1) is 23.3. The lowest BCUT2D eigenvalue weighted by Crippen LogP contribution is -2.32. The molecule has 0 saturated heterocycles. The van der Waals surface area contributed by atoms with E-state index in [0.29, 0.717) is 12.0 Å². The first-order valence-electron chi connectivity index (χ1n) is 9.59. The summed E-state index contributed by atoms with van der Waals surface area (Å²) in [5.41, 5.74) is 1.96. The summed E-state index contributed by atoms with van der Waals surface area (Å²) in [6.45, 7) is 0.398. The van der Waals surface area contributed by atoms with E-state index in [0.717, 1.165) is 12.0 Å². The molecule has 3 aromatic carbocycles. The van der Waals surface area contributed by atoms with Gasteiger partial charge in [0.15, 0.2) is 0 Å². The molecule has 0 aromatic heterocycles. The minimum atomic E-state index is -3.85. The summed E-state index contributed by atoms with van der Waals surface area (Å²) >= 11 is 12.0. The van der Waals surface area contributed by atoms with Crippen molar-refractivity contribution in [2.24, 2.45) is 0 Å². The van der Waals surface area contributed by atoms with Crippen LogP contribution in [-0.4, -0.2) is 30.3 Å². The Kier molecular flexibility index (Phi) is 7.73. The number of rotatable bonds is 9. The number of benzene rings is 3. The van der Waals surface area contributed by atoms with Crippen molar-refractivity contribution in [2.75, 3.05) is 6.54 Å². The molecule has 0 aliphatic carbocycles. The largest absolute Gasteiger partial charge is 0.478 e. The topological polar surface area (TPSA) is 74.7 Å². The summed E-state index contributed by atoms with van der Waals surface area (Å²) in [6.07, 6.45) is 1.35. The Labute approximate surface area is 191 Å². The summed E-state index contributed by atoms with van der Waals surface area (Å²) in [6, 6.07) is 20.2. The number of aryl methyl sites for hydroxylation is 1. The summed E-state index contributed by atoms with van der Waals surface area (Å²) in [5.74, 6) is -1.03. The molecule has 0 fully saturated rings. The van der Waals surface area contributed by atoms with Crippen LogP contribution in [0.2, 0.25) is 10.0 Å². The molecular weight excluding hydrogens is 457 g/mol. The molecule has 0 amide bonds. The van der Waals surface area contributed by atoms with Crippen molar-refractivity contribution in [2.45, 2.75) is 24.3 Å². The van der Waals surface area contributed by atoms with Crippen LogP contribution in [0.4, 0.5) is 0 Å². The molecule has 0 radical (unpaired) electrons. The summed E-state index contributed by atoms with van der Waals surface area (Å²) in [4.78, 5) is 11.1. The lowest BCUT2D eigenvalue weighted by atomic mass is 10.1. The first-order chi connectivity index (χ1) is 14.8. The second kappa shape index (κ2) is 10.3. The molecule has 0 bridgehead atoms. The summed E-state index contributed by atoms with van der Waals surface area (Å²) in [5, 5.41) is 9.52. The van der Waals surface area contributed by atoms with Crippen LogP contribution in [0.25, 0.3) is 0 Å². The van der Waals surface area contributed by atoms with E-state index in [1.807, 2.05) is 30.3 Å². The van der Waals surface area contributed by atoms with Crippen LogP contribution < -0.4 is 0 Å². The predicted molar refractivity (Wildman–Crippen MR) is 122 cm³/mol. The maximum atomic E-state index is 13.3. The summed E-state index contributed by atoms with van der Waals surface area (Å²) in [7, 11) is -3.85. The van der Waals surface area contributed by atoms with Gasteiger partial charge in [-0.15, -0.1) is 0 Å². The zero-order chi connectivity index (χ0) is 22.4. The maximum absolute atomic E-state index is 13.3. The highest BCUT2D eigenvalue weighted by Gasteiger charge is 2.25. The van der Waals surface area contributed by atoms with E-state index in [9.17, 15) is 13.2 Å². The lowest BCUT2D eigenvalue weighted by molar-refractivity contribution is 0.0697. The van der Waals surface area contributed by atoms with Gasteiger partial charge in [-0.3, -0.25) is 0 Å². The molecule has 0 aliphatic heterocycles. The van der Waals surface area contributed by atoms with Crippen molar-refractivity contribution in [3.63, 3.8) is 0 Å². The predicted octanol–water partition coefficient (Wildman–Crippen LogP) is 5.52. The van der Waals surface area contributed by atoms with E-state index in [1.54, 1.807) is 12.1 Å². The number of carboxylic acids is 1. The van der Waals surface area contributed by atoms with Gasteiger partial charge in [-0.2, -0.15) is 4.31 Å². The van der Waals surface area contributed by atoms with Crippen LogP contribution >= 0.6 is 23.2 Å². The Balaban J connectivity index is 1.84. The molecule has 0 spiro atoms. The average Bonchev–Trinajstić information content (AvgIpc) is 2.76. The highest BCUT2D eigenvalue weighted by atomic mass is 35.5. The normalized spacial score (nSPS) is 11.6. The van der Waals surface area contributed by atoms with Crippen molar-refractivity contribution in [3.05, 3.63) is 99.5 Å². The third-order valence-electron chi connectivity index (χ3n) is 4.80. The fourth-order valence-electron chi connectivity index (χ4n) is 3.13. The first-order valence-corrected chi connectivity index (χ1v) is 11.8. The number of hydrogen-bond donors (Lipinski definition) is 1. The van der Waals surface area contributed by atoms with Crippen LogP contribution in [0.5, 0.6) is 0 Å². The standard InChI is InChI=1S/C23H21Cl2NO4S/c24-21-13-12-20(15-22(21)25)31(29,30)26(14-4-7-17-5-2-1-3-6-17)16-18-8-10-19(11-9-18)23(27)28/h1-3,5-6,8-13,15H,4,7,14,16H2,(H,27,28). The van der Waals surface area contributed by atoms with Gasteiger partial charge < -0.3 is 5.11 Å². The number of aromatic carboxylic acids is 1. The number of carbonyl (C=O) groups is 1. The fourth-order valence-corrected chi connectivity index (χ4v) is 4.99. The van der Waals surface area contributed by atoms with Crippen molar-refractivity contribution in [1.29, 1.82) is 0 Å². The molecular formula is C23H21Cl2NO4S. The van der Waals surface area contributed by atoms with Crippen molar-refractivity contribution < 1.29 is 18.3 Å². The second-order valence-electron chi connectivity index (χ2n) is 7.01. The number of nitrogens with zero attached hydrogens (tertiary/aromatic N) is 1. The molecule has 31 heavy (non-hydrogen) atoms. The molecule has 0 aliphatic rings. The quantitative estimate of drug-likeness (QED) is 0.440. The highest BCUT2D eigenvalue weighted by Crippen LogP contribution is 2.27. The second-order valence-corrected chi connectivity index (χ2v) is 9.76. The lowest BCUT2D eigenvalue weighted by Gasteiger charge is -2.23. The molecule has 162 valence electrons. The van der Waals surface area contributed by atoms with Gasteiger partial charge in [0, 0.05) is 13.1 Å². The van der Waals surface area contributed by atoms with Crippen LogP contribution in [0.3, 0.4) is 0 Å². The van der Waals surface area contributed by atoms with Gasteiger partial charge in [0.1, 0.15) is 0 Å². The van der Waals surface area contributed by atoms with Gasteiger partial charge in [-0.05, 0) is 54.3 Å². The maximum Gasteiger partial charge on any atom is 0.335 e. The molecule has 8 heteroatoms. The molecule has 0 unspecified atom stereocenters. The molecule has 3 aromatic rings. The van der Waals surface area contributed by atoms with Gasteiger partial charge in [-0.25, -0.2) is 13.2 Å². The fraction of sp³-hybridized carbons (Fsp3) is 0.174. The third-order valence-corrected chi connectivity index (χ3v) is 7.38. The van der Waals surface area contributed by atoms with Gasteiger partial charge >= 0.3 is 5.97 Å². The van der Waals surface area contributed by atoms with Crippen LogP contribution in [0.1, 0.15) is 27.9 Å². The number of hydrogen-bond acceptors (Lipinski definition) is 3. The van der Waals surface area contributed by atoms with E-state index in [-0.39, 0.29) is 33.6 Å². The minimum absolute atomic E-state index is 0.0590. The van der Waals surface area contributed by atoms with Crippen LogP contribution in [0.15, 0.2) is 77.7 Å². The minimum Gasteiger partial charge on any atom is -0.478 e. The molecule has 3 rings (SSSR count). The zero-order valence-electron chi connectivity index (χ0n) is 16.5. The van der Waals surface area contributed by atoms with Crippen LogP contribution in [0, 0.1) is 0 Å². The highest BCUT2D eigenvalue weighted by molar-refractivity contribution is 7.89. The van der Waals surface area contributed by atoms with Gasteiger partial charge in [0.25, 0.3) is 0 Å². The smallest absolute Gasteiger partial charge is 0.335 e. The van der Waals surface area contributed by atoms with Crippen LogP contribution in [-0.2, 0) is 23.0 Å². The van der Waals surface area contributed by atoms with E-state index in [1.165, 1.54) is 34.6 Å². The van der Waals surface area contributed by atoms with Crippen molar-refractivity contribution >= 4 is 39.2 Å². The Hall–Kier alpha value is -2.38. The average molecular weight is 478 g/mol. The van der Waals surface area contributed by atoms with Gasteiger partial charge in [-0.1, -0.05) is 65.7 Å². The van der Waals surface area contributed by atoms with E-state index in [2.05, 4.69) is 0 Å². The zero-order valence-corrected chi connectivity index (χ0v) is 18.9. The Morgan fingerprint density at radius 2 is 1.55 bits per heavy atom. The van der Waals surface area contributed by atoms with E-state index >= 15 is 0 Å². The summed E-state index contributed by atoms with van der Waals surface area (Å²) < 4.78 is 28.1. The van der Waals surface area contributed by atoms with E-state index in [4.69, 9.17) is 28.3 Å². The Bertz CT molecular complexity index is 1150. The molecule has 0 saturated carbocycles. The molecule has 5 nitrogen and oxygen atoms in total. The third kappa shape index (κ3) is 6.08. The monoisotopic (exact) mass is 477 g/mol. The van der Waals surface area contributed by atoms with Gasteiger partial charge in [0.2, 0.25) is 10.0 Å².